The Hall–Kier alpha value is -1.66. The lowest BCUT2D eigenvalue weighted by Gasteiger charge is -2.14. The molecule has 0 amide bonds. The highest BCUT2D eigenvalue weighted by Crippen LogP contribution is 2.19. The topological polar surface area (TPSA) is 65.9 Å². The molecule has 0 aliphatic carbocycles. The van der Waals surface area contributed by atoms with Gasteiger partial charge in [-0.05, 0) is 38.5 Å². The molecule has 1 rings (SSSR count). The van der Waals surface area contributed by atoms with Crippen LogP contribution in [0.1, 0.15) is 32.4 Å². The van der Waals surface area contributed by atoms with E-state index in [1.165, 1.54) is 0 Å². The van der Waals surface area contributed by atoms with E-state index in [0.717, 1.165) is 41.9 Å². The van der Waals surface area contributed by atoms with Crippen LogP contribution in [0.5, 0.6) is 5.75 Å². The minimum absolute atomic E-state index is 0.138. The number of hydrogen-bond donors (Lipinski definition) is 3. The second-order valence-electron chi connectivity index (χ2n) is 5.76. The summed E-state index contributed by atoms with van der Waals surface area (Å²) in [5.41, 5.74) is 0.831. The van der Waals surface area contributed by atoms with Gasteiger partial charge in [-0.25, -0.2) is 0 Å². The molecule has 0 aliphatic heterocycles. The Bertz CT molecular complexity index is 518. The third-order valence-corrected chi connectivity index (χ3v) is 4.14. The van der Waals surface area contributed by atoms with Crippen molar-refractivity contribution >= 4 is 17.7 Å². The van der Waals surface area contributed by atoms with Gasteiger partial charge in [-0.1, -0.05) is 18.2 Å². The standard InChI is InChI=1S/C19H31N3O2S/c1-5-12-25-13-11-21-19(20-6-2)22-14-18(23)16-7-9-17(10-8-16)24-15(3)4/h5,7-10,15,18,23H,1,6,11-14H2,2-4H3,(H2,20,21,22). The van der Waals surface area contributed by atoms with E-state index in [-0.39, 0.29) is 6.10 Å². The summed E-state index contributed by atoms with van der Waals surface area (Å²) < 4.78 is 5.61. The predicted molar refractivity (Wildman–Crippen MR) is 109 cm³/mol. The van der Waals surface area contributed by atoms with E-state index in [0.29, 0.717) is 6.54 Å². The Morgan fingerprint density at radius 2 is 2.04 bits per heavy atom. The number of guanidine groups is 1. The van der Waals surface area contributed by atoms with E-state index >= 15 is 0 Å². The van der Waals surface area contributed by atoms with Crippen molar-refractivity contribution in [3.05, 3.63) is 42.5 Å². The fourth-order valence-electron chi connectivity index (χ4n) is 2.07. The SMILES string of the molecule is C=CCSCCNC(=NCC(O)c1ccc(OC(C)C)cc1)NCC. The molecule has 0 aliphatic rings. The molecule has 0 saturated heterocycles. The third-order valence-electron chi connectivity index (χ3n) is 3.18. The minimum Gasteiger partial charge on any atom is -0.491 e. The predicted octanol–water partition coefficient (Wildman–Crippen LogP) is 2.98. The smallest absolute Gasteiger partial charge is 0.191 e. The number of nitrogens with one attached hydrogen (secondary N) is 2. The van der Waals surface area contributed by atoms with Crippen molar-refractivity contribution in [3.63, 3.8) is 0 Å². The normalized spacial score (nSPS) is 12.8. The summed E-state index contributed by atoms with van der Waals surface area (Å²) in [5, 5.41) is 16.8. The van der Waals surface area contributed by atoms with Gasteiger partial charge >= 0.3 is 0 Å². The van der Waals surface area contributed by atoms with Crippen LogP contribution in [0.25, 0.3) is 0 Å². The molecular formula is C19H31N3O2S. The quantitative estimate of drug-likeness (QED) is 0.243. The van der Waals surface area contributed by atoms with E-state index in [1.807, 2.05) is 62.9 Å². The summed E-state index contributed by atoms with van der Waals surface area (Å²) in [6.07, 6.45) is 1.40. The largest absolute Gasteiger partial charge is 0.491 e. The maximum absolute atomic E-state index is 10.3. The summed E-state index contributed by atoms with van der Waals surface area (Å²) in [4.78, 5) is 4.46. The molecular weight excluding hydrogens is 334 g/mol. The zero-order valence-corrected chi connectivity index (χ0v) is 16.3. The van der Waals surface area contributed by atoms with Crippen molar-refractivity contribution in [2.24, 2.45) is 4.99 Å². The van der Waals surface area contributed by atoms with Crippen LogP contribution < -0.4 is 15.4 Å². The number of rotatable bonds is 11. The summed E-state index contributed by atoms with van der Waals surface area (Å²) in [6.45, 7) is 11.6. The first-order valence-corrected chi connectivity index (χ1v) is 9.87. The van der Waals surface area contributed by atoms with Gasteiger partial charge in [0.25, 0.3) is 0 Å². The first kappa shape index (κ1) is 21.4. The van der Waals surface area contributed by atoms with Crippen molar-refractivity contribution in [3.8, 4) is 5.75 Å². The molecule has 3 N–H and O–H groups in total. The van der Waals surface area contributed by atoms with Crippen LogP contribution in [0.3, 0.4) is 0 Å². The summed E-state index contributed by atoms with van der Waals surface area (Å²) in [7, 11) is 0. The van der Waals surface area contributed by atoms with Gasteiger partial charge in [0.05, 0.1) is 18.8 Å². The molecule has 25 heavy (non-hydrogen) atoms. The first-order valence-electron chi connectivity index (χ1n) is 8.72. The Morgan fingerprint density at radius 1 is 1.32 bits per heavy atom. The number of hydrogen-bond acceptors (Lipinski definition) is 4. The molecule has 0 bridgehead atoms. The number of nitrogens with zero attached hydrogens (tertiary/aromatic N) is 1. The van der Waals surface area contributed by atoms with Gasteiger partial charge in [0, 0.05) is 24.6 Å². The van der Waals surface area contributed by atoms with Gasteiger partial charge in [0.2, 0.25) is 0 Å². The highest BCUT2D eigenvalue weighted by Gasteiger charge is 2.08. The van der Waals surface area contributed by atoms with E-state index < -0.39 is 6.10 Å². The Morgan fingerprint density at radius 3 is 2.64 bits per heavy atom. The molecule has 0 radical (unpaired) electrons. The van der Waals surface area contributed by atoms with Crippen LogP contribution in [0, 0.1) is 0 Å². The second kappa shape index (κ2) is 12.7. The monoisotopic (exact) mass is 365 g/mol. The summed E-state index contributed by atoms with van der Waals surface area (Å²) in [5.74, 6) is 3.46. The third kappa shape index (κ3) is 9.41. The van der Waals surface area contributed by atoms with E-state index in [4.69, 9.17) is 4.74 Å². The molecule has 0 spiro atoms. The lowest BCUT2D eigenvalue weighted by Crippen LogP contribution is -2.38. The molecule has 6 heteroatoms. The fraction of sp³-hybridized carbons (Fsp3) is 0.526. The van der Waals surface area contributed by atoms with Gasteiger partial charge in [-0.15, -0.1) is 6.58 Å². The van der Waals surface area contributed by atoms with E-state index in [2.05, 4.69) is 22.2 Å². The molecule has 0 heterocycles. The number of thioether (sulfide) groups is 1. The van der Waals surface area contributed by atoms with Crippen LogP contribution in [-0.2, 0) is 0 Å². The van der Waals surface area contributed by atoms with Crippen molar-refractivity contribution in [2.75, 3.05) is 31.1 Å². The Labute approximate surface area is 156 Å². The number of ether oxygens (including phenoxy) is 1. The minimum atomic E-state index is -0.640. The zero-order valence-electron chi connectivity index (χ0n) is 15.5. The molecule has 1 aromatic carbocycles. The first-order chi connectivity index (χ1) is 12.1. The van der Waals surface area contributed by atoms with Gasteiger partial charge in [0.15, 0.2) is 5.96 Å². The number of aliphatic hydroxyl groups is 1. The molecule has 1 aromatic rings. The van der Waals surface area contributed by atoms with E-state index in [1.54, 1.807) is 0 Å². The van der Waals surface area contributed by atoms with Crippen LogP contribution in [-0.4, -0.2) is 48.3 Å². The molecule has 0 saturated carbocycles. The molecule has 5 nitrogen and oxygen atoms in total. The highest BCUT2D eigenvalue weighted by atomic mass is 32.2. The molecule has 1 unspecified atom stereocenters. The van der Waals surface area contributed by atoms with Crippen molar-refractivity contribution < 1.29 is 9.84 Å². The van der Waals surface area contributed by atoms with Gasteiger partial charge in [0.1, 0.15) is 5.75 Å². The van der Waals surface area contributed by atoms with E-state index in [9.17, 15) is 5.11 Å². The second-order valence-corrected chi connectivity index (χ2v) is 6.91. The zero-order chi connectivity index (χ0) is 18.5. The van der Waals surface area contributed by atoms with Gasteiger partial charge < -0.3 is 20.5 Å². The lowest BCUT2D eigenvalue weighted by atomic mass is 10.1. The van der Waals surface area contributed by atoms with Crippen molar-refractivity contribution in [1.82, 2.24) is 10.6 Å². The maximum Gasteiger partial charge on any atom is 0.191 e. The molecule has 1 atom stereocenters. The van der Waals surface area contributed by atoms with Crippen molar-refractivity contribution in [1.29, 1.82) is 0 Å². The molecule has 140 valence electrons. The van der Waals surface area contributed by atoms with Crippen molar-refractivity contribution in [2.45, 2.75) is 33.0 Å². The number of aliphatic imine (C=N–C) groups is 1. The number of benzene rings is 1. The molecule has 0 fully saturated rings. The Kier molecular flexibility index (Phi) is 10.8. The van der Waals surface area contributed by atoms with Crippen LogP contribution in [0.2, 0.25) is 0 Å². The molecule has 0 aromatic heterocycles. The lowest BCUT2D eigenvalue weighted by molar-refractivity contribution is 0.186. The average molecular weight is 366 g/mol. The highest BCUT2D eigenvalue weighted by molar-refractivity contribution is 7.99. The summed E-state index contributed by atoms with van der Waals surface area (Å²) in [6, 6.07) is 7.51. The maximum atomic E-state index is 10.3. The Balaban J connectivity index is 2.51. The van der Waals surface area contributed by atoms with Gasteiger partial charge in [-0.2, -0.15) is 11.8 Å². The average Bonchev–Trinajstić information content (AvgIpc) is 2.59. The van der Waals surface area contributed by atoms with Crippen LogP contribution in [0.15, 0.2) is 41.9 Å². The van der Waals surface area contributed by atoms with Crippen LogP contribution in [0.4, 0.5) is 0 Å². The van der Waals surface area contributed by atoms with Crippen LogP contribution >= 0.6 is 11.8 Å². The van der Waals surface area contributed by atoms with Gasteiger partial charge in [-0.3, -0.25) is 4.99 Å². The fourth-order valence-corrected chi connectivity index (χ4v) is 2.65. The summed E-state index contributed by atoms with van der Waals surface area (Å²) >= 11 is 1.82. The number of aliphatic hydroxyl groups excluding tert-OH is 1.